The minimum Gasteiger partial charge on any atom is -0.309 e. The molecule has 0 bridgehead atoms. The van der Waals surface area contributed by atoms with Gasteiger partial charge in [-0.05, 0) is 105 Å². The summed E-state index contributed by atoms with van der Waals surface area (Å²) in [7, 11) is 0. The van der Waals surface area contributed by atoms with Crippen LogP contribution in [-0.2, 0) is 21.7 Å². The van der Waals surface area contributed by atoms with E-state index < -0.39 is 34.6 Å². The molecule has 8 heteroatoms. The van der Waals surface area contributed by atoms with Gasteiger partial charge in [-0.1, -0.05) is 107 Å². The molecule has 0 atom stereocenters. The van der Waals surface area contributed by atoms with Gasteiger partial charge in [0, 0.05) is 27.1 Å². The Morgan fingerprint density at radius 2 is 0.689 bits per heavy atom. The van der Waals surface area contributed by atoms with Crippen LogP contribution in [0.1, 0.15) is 111 Å². The summed E-state index contributed by atoms with van der Waals surface area (Å²) < 4.78 is 81.9. The van der Waals surface area contributed by atoms with Gasteiger partial charge in [0.15, 0.2) is 23.3 Å². The van der Waals surface area contributed by atoms with Crippen LogP contribution in [0, 0.1) is 40.4 Å². The van der Waals surface area contributed by atoms with Crippen LogP contribution in [-0.4, -0.2) is 9.13 Å². The summed E-state index contributed by atoms with van der Waals surface area (Å²) >= 11 is 0. The first kappa shape index (κ1) is 41.8. The smallest absolute Gasteiger partial charge is 0.200 e. The Labute approximate surface area is 354 Å². The molecule has 0 saturated carbocycles. The molecule has 8 aromatic rings. The number of nitrogens with zero attached hydrogens (tertiary/aromatic N) is 3. The van der Waals surface area contributed by atoms with Gasteiger partial charge in [0.2, 0.25) is 5.82 Å². The molecule has 0 amide bonds. The quantitative estimate of drug-likeness (QED) is 0.0993. The summed E-state index contributed by atoms with van der Waals surface area (Å²) in [5, 5.41) is 14.5. The van der Waals surface area contributed by atoms with Gasteiger partial charge >= 0.3 is 0 Å². The van der Waals surface area contributed by atoms with Crippen LogP contribution in [0.15, 0.2) is 84.9 Å². The zero-order valence-corrected chi connectivity index (χ0v) is 36.8. The second kappa shape index (κ2) is 13.8. The molecule has 0 saturated heterocycles. The highest BCUT2D eigenvalue weighted by atomic mass is 19.2. The first-order valence-electron chi connectivity index (χ1n) is 20.6. The molecular formula is C53H50F5N3. The maximum atomic E-state index is 16.4. The van der Waals surface area contributed by atoms with E-state index in [4.69, 9.17) is 0 Å². The van der Waals surface area contributed by atoms with E-state index in [1.165, 1.54) is 12.1 Å². The predicted octanol–water partition coefficient (Wildman–Crippen LogP) is 15.3. The van der Waals surface area contributed by atoms with E-state index in [-0.39, 0.29) is 44.2 Å². The minimum absolute atomic E-state index is 0.0846. The van der Waals surface area contributed by atoms with Crippen LogP contribution >= 0.6 is 0 Å². The highest BCUT2D eigenvalue weighted by Crippen LogP contribution is 2.45. The highest BCUT2D eigenvalue weighted by Gasteiger charge is 2.32. The second-order valence-corrected chi connectivity index (χ2v) is 20.5. The SMILES string of the molecule is CC(C)(C)c1ccc2c(c1)c1cc(C(C)(C)C)ccc1n2-c1cc(-c2c(F)c(F)c(F)c(F)c2F)c(-n2c3ccc(C(C)(C)C)cc3c3cc(C(C)(C)C)ccc32)cc1C#N. The molecule has 0 spiro atoms. The fraction of sp³-hybridized carbons (Fsp3) is 0.302. The van der Waals surface area contributed by atoms with Gasteiger partial charge in [0.25, 0.3) is 0 Å². The molecule has 312 valence electrons. The average Bonchev–Trinajstić information content (AvgIpc) is 3.69. The highest BCUT2D eigenvalue weighted by molar-refractivity contribution is 6.12. The van der Waals surface area contributed by atoms with Gasteiger partial charge in [-0.3, -0.25) is 0 Å². The summed E-state index contributed by atoms with van der Waals surface area (Å²) in [5.74, 6) is -10.3. The zero-order valence-electron chi connectivity index (χ0n) is 36.8. The molecule has 0 aliphatic carbocycles. The summed E-state index contributed by atoms with van der Waals surface area (Å²) in [6.45, 7) is 25.4. The fourth-order valence-electron chi connectivity index (χ4n) is 8.51. The predicted molar refractivity (Wildman–Crippen MR) is 240 cm³/mol. The van der Waals surface area contributed by atoms with Crippen LogP contribution in [0.5, 0.6) is 0 Å². The zero-order chi connectivity index (χ0) is 44.5. The lowest BCUT2D eigenvalue weighted by Gasteiger charge is -2.21. The molecule has 2 heterocycles. The van der Waals surface area contributed by atoms with Crippen molar-refractivity contribution < 1.29 is 22.0 Å². The summed E-state index contributed by atoms with van der Waals surface area (Å²) in [6.07, 6.45) is 0. The molecule has 6 aromatic carbocycles. The molecule has 0 radical (unpaired) electrons. The largest absolute Gasteiger partial charge is 0.309 e. The number of aromatic nitrogens is 2. The van der Waals surface area contributed by atoms with Crippen LogP contribution in [0.4, 0.5) is 22.0 Å². The van der Waals surface area contributed by atoms with Crippen LogP contribution < -0.4 is 0 Å². The molecule has 0 unspecified atom stereocenters. The Morgan fingerprint density at radius 1 is 0.393 bits per heavy atom. The van der Waals surface area contributed by atoms with Gasteiger partial charge in [-0.2, -0.15) is 5.26 Å². The summed E-state index contributed by atoms with van der Waals surface area (Å²) in [6, 6.07) is 29.5. The van der Waals surface area contributed by atoms with E-state index in [1.54, 1.807) is 4.57 Å². The van der Waals surface area contributed by atoms with Gasteiger partial charge in [-0.25, -0.2) is 22.0 Å². The first-order chi connectivity index (χ1) is 28.3. The number of fused-ring (bicyclic) bond motifs is 6. The van der Waals surface area contributed by atoms with E-state index >= 15 is 17.6 Å². The molecule has 0 fully saturated rings. The van der Waals surface area contributed by atoms with E-state index in [9.17, 15) is 9.65 Å². The van der Waals surface area contributed by atoms with Gasteiger partial charge < -0.3 is 9.13 Å². The lowest BCUT2D eigenvalue weighted by molar-refractivity contribution is 0.381. The Bertz CT molecular complexity index is 3010. The van der Waals surface area contributed by atoms with Crippen molar-refractivity contribution in [2.24, 2.45) is 0 Å². The monoisotopic (exact) mass is 823 g/mol. The summed E-state index contributed by atoms with van der Waals surface area (Å²) in [5.41, 5.74) is 5.16. The Morgan fingerprint density at radius 3 is 0.984 bits per heavy atom. The topological polar surface area (TPSA) is 33.6 Å². The number of halogens is 5. The van der Waals surface area contributed by atoms with E-state index in [0.29, 0.717) is 22.1 Å². The number of hydrogen-bond acceptors (Lipinski definition) is 1. The van der Waals surface area contributed by atoms with E-state index in [2.05, 4.69) is 113 Å². The van der Waals surface area contributed by atoms with Gasteiger partial charge in [0.1, 0.15) is 6.07 Å². The first-order valence-corrected chi connectivity index (χ1v) is 20.6. The van der Waals surface area contributed by atoms with E-state index in [0.717, 1.165) is 43.8 Å². The lowest BCUT2D eigenvalue weighted by Crippen LogP contribution is -2.11. The third-order valence-electron chi connectivity index (χ3n) is 12.2. The van der Waals surface area contributed by atoms with Crippen molar-refractivity contribution in [1.29, 1.82) is 5.26 Å². The third kappa shape index (κ3) is 6.68. The van der Waals surface area contributed by atoms with Crippen molar-refractivity contribution in [2.45, 2.75) is 105 Å². The Balaban J connectivity index is 1.57. The van der Waals surface area contributed by atoms with Crippen molar-refractivity contribution in [1.82, 2.24) is 9.13 Å². The van der Waals surface area contributed by atoms with Crippen LogP contribution in [0.2, 0.25) is 0 Å². The summed E-state index contributed by atoms with van der Waals surface area (Å²) in [4.78, 5) is 0. The molecule has 0 N–H and O–H groups in total. The molecule has 2 aromatic heterocycles. The molecular weight excluding hydrogens is 774 g/mol. The lowest BCUT2D eigenvalue weighted by atomic mass is 9.85. The van der Waals surface area contributed by atoms with Gasteiger partial charge in [0.05, 0.1) is 44.6 Å². The normalized spacial score (nSPS) is 13.0. The van der Waals surface area contributed by atoms with Crippen LogP contribution in [0.3, 0.4) is 0 Å². The maximum Gasteiger partial charge on any atom is 0.200 e. The maximum absolute atomic E-state index is 16.4. The number of benzene rings is 6. The van der Waals surface area contributed by atoms with Crippen LogP contribution in [0.25, 0.3) is 66.1 Å². The Hall–Kier alpha value is -5.94. The van der Waals surface area contributed by atoms with Crippen molar-refractivity contribution in [3.05, 3.63) is 142 Å². The number of nitriles is 1. The van der Waals surface area contributed by atoms with Crippen molar-refractivity contribution in [3.8, 4) is 28.6 Å². The molecule has 0 aliphatic heterocycles. The standard InChI is InChI=1S/C53H50F5N3/c1-50(2,3)29-13-17-38-33(22-29)34-23-30(51(4,5)6)14-18-39(34)60(38)42-26-37(44-45(54)47(56)49(58)48(57)46(44)55)43(21-28(42)27-59)61-40-19-15-31(52(7,8)9)24-35(40)36-25-32(53(10,11)12)16-20-41(36)61/h13-26H,1-12H3. The second-order valence-electron chi connectivity index (χ2n) is 20.5. The average molecular weight is 824 g/mol. The van der Waals surface area contributed by atoms with Crippen molar-refractivity contribution in [2.75, 3.05) is 0 Å². The number of rotatable bonds is 3. The Kier molecular flexibility index (Phi) is 9.44. The molecule has 0 aliphatic rings. The molecule has 3 nitrogen and oxygen atoms in total. The molecule has 61 heavy (non-hydrogen) atoms. The number of hydrogen-bond donors (Lipinski definition) is 0. The van der Waals surface area contributed by atoms with E-state index in [1.807, 2.05) is 53.1 Å². The van der Waals surface area contributed by atoms with Crippen molar-refractivity contribution in [3.63, 3.8) is 0 Å². The van der Waals surface area contributed by atoms with Crippen molar-refractivity contribution >= 4 is 43.6 Å². The van der Waals surface area contributed by atoms with Gasteiger partial charge in [-0.15, -0.1) is 0 Å². The minimum atomic E-state index is -2.25. The third-order valence-corrected chi connectivity index (χ3v) is 12.2. The molecule has 8 rings (SSSR count). The fourth-order valence-corrected chi connectivity index (χ4v) is 8.51.